The molecule has 0 fully saturated rings. The van der Waals surface area contributed by atoms with Crippen LogP contribution in [0, 0.1) is 11.8 Å². The topological polar surface area (TPSA) is 66.8 Å². The van der Waals surface area contributed by atoms with E-state index in [2.05, 4.69) is 6.08 Å². The van der Waals surface area contributed by atoms with E-state index in [-0.39, 0.29) is 17.6 Å². The fourth-order valence-corrected chi connectivity index (χ4v) is 3.54. The Hall–Kier alpha value is -2.07. The third kappa shape index (κ3) is 5.46. The fraction of sp³-hybridized carbons (Fsp3) is 0.500. The summed E-state index contributed by atoms with van der Waals surface area (Å²) < 4.78 is 5.85. The second-order valence-electron chi connectivity index (χ2n) is 7.61. The fourth-order valence-electron chi connectivity index (χ4n) is 3.54. The average Bonchev–Trinajstić information content (AvgIpc) is 2.54. The lowest BCUT2D eigenvalue weighted by Gasteiger charge is -2.33. The number of hydrogen-bond donors (Lipinski definition) is 2. The molecule has 1 aliphatic rings. The van der Waals surface area contributed by atoms with Gasteiger partial charge in [0.1, 0.15) is 11.9 Å². The second-order valence-corrected chi connectivity index (χ2v) is 7.61. The highest BCUT2D eigenvalue weighted by atomic mass is 16.5. The standard InChI is InChI=1S/C22H30O4/c1-14(2)21-19(24)12-15(3)6-5-7-16(4)13-20(21)26-22(25)17-8-10-18(23)11-9-17/h7-12,14,19-21,23-24H,5-6,13H2,1-4H3/b15-12+,16-7+/t19-,20?,21?/m1/s1. The number of carbonyl (C=O) groups excluding carboxylic acids is 1. The molecule has 0 amide bonds. The van der Waals surface area contributed by atoms with Gasteiger partial charge in [-0.15, -0.1) is 0 Å². The molecule has 0 heterocycles. The van der Waals surface area contributed by atoms with Gasteiger partial charge in [0.15, 0.2) is 0 Å². The lowest BCUT2D eigenvalue weighted by Crippen LogP contribution is -2.38. The number of aliphatic hydroxyl groups excluding tert-OH is 1. The van der Waals surface area contributed by atoms with Gasteiger partial charge in [0.25, 0.3) is 0 Å². The maximum Gasteiger partial charge on any atom is 0.338 e. The van der Waals surface area contributed by atoms with Gasteiger partial charge in [0.2, 0.25) is 0 Å². The molecule has 2 unspecified atom stereocenters. The van der Waals surface area contributed by atoms with Crippen molar-refractivity contribution in [1.29, 1.82) is 0 Å². The van der Waals surface area contributed by atoms with Crippen molar-refractivity contribution >= 4 is 5.97 Å². The Morgan fingerprint density at radius 2 is 1.81 bits per heavy atom. The molecule has 0 radical (unpaired) electrons. The van der Waals surface area contributed by atoms with Crippen LogP contribution in [0.5, 0.6) is 5.75 Å². The van der Waals surface area contributed by atoms with Crippen LogP contribution in [0.4, 0.5) is 0 Å². The minimum atomic E-state index is -0.654. The molecule has 1 aromatic carbocycles. The van der Waals surface area contributed by atoms with Crippen LogP contribution in [-0.2, 0) is 4.74 Å². The van der Waals surface area contributed by atoms with Crippen LogP contribution in [0.3, 0.4) is 0 Å². The zero-order chi connectivity index (χ0) is 19.3. The summed E-state index contributed by atoms with van der Waals surface area (Å²) in [6, 6.07) is 6.03. The van der Waals surface area contributed by atoms with Crippen LogP contribution < -0.4 is 0 Å². The SMILES string of the molecule is C/C1=C\[C@@H](O)C(C(C)C)C(OC(=O)c2ccc(O)cc2)C/C(C)=C/CC1. The first-order valence-corrected chi connectivity index (χ1v) is 9.29. The van der Waals surface area contributed by atoms with E-state index in [1.165, 1.54) is 17.7 Å². The zero-order valence-electron chi connectivity index (χ0n) is 16.1. The van der Waals surface area contributed by atoms with Crippen molar-refractivity contribution in [2.24, 2.45) is 11.8 Å². The van der Waals surface area contributed by atoms with Gasteiger partial charge in [-0.05, 0) is 56.9 Å². The quantitative estimate of drug-likeness (QED) is 0.611. The molecule has 3 atom stereocenters. The van der Waals surface area contributed by atoms with Gasteiger partial charge in [0.05, 0.1) is 11.7 Å². The van der Waals surface area contributed by atoms with E-state index in [0.717, 1.165) is 18.4 Å². The minimum Gasteiger partial charge on any atom is -0.508 e. The second kappa shape index (κ2) is 9.04. The number of hydrogen-bond acceptors (Lipinski definition) is 4. The summed E-state index contributed by atoms with van der Waals surface area (Å²) in [5.41, 5.74) is 2.71. The third-order valence-electron chi connectivity index (χ3n) is 4.96. The van der Waals surface area contributed by atoms with Gasteiger partial charge in [-0.1, -0.05) is 37.1 Å². The van der Waals surface area contributed by atoms with Crippen LogP contribution in [0.1, 0.15) is 57.3 Å². The summed E-state index contributed by atoms with van der Waals surface area (Å²) in [7, 11) is 0. The molecule has 142 valence electrons. The van der Waals surface area contributed by atoms with Gasteiger partial charge >= 0.3 is 5.97 Å². The van der Waals surface area contributed by atoms with Crippen LogP contribution >= 0.6 is 0 Å². The number of allylic oxidation sites excluding steroid dienone is 2. The summed E-state index contributed by atoms with van der Waals surface area (Å²) in [6.07, 6.45) is 5.48. The molecule has 4 nitrogen and oxygen atoms in total. The Kier molecular flexibility index (Phi) is 7.04. The van der Waals surface area contributed by atoms with Crippen LogP contribution in [0.15, 0.2) is 47.6 Å². The number of aliphatic hydroxyl groups is 1. The van der Waals surface area contributed by atoms with E-state index in [1.54, 1.807) is 12.1 Å². The van der Waals surface area contributed by atoms with E-state index < -0.39 is 18.2 Å². The molecule has 0 aromatic heterocycles. The highest BCUT2D eigenvalue weighted by molar-refractivity contribution is 5.89. The van der Waals surface area contributed by atoms with E-state index in [0.29, 0.717) is 12.0 Å². The van der Waals surface area contributed by atoms with E-state index in [1.807, 2.05) is 33.8 Å². The zero-order valence-corrected chi connectivity index (χ0v) is 16.1. The summed E-state index contributed by atoms with van der Waals surface area (Å²) in [4.78, 5) is 12.6. The van der Waals surface area contributed by atoms with Crippen molar-refractivity contribution < 1.29 is 19.7 Å². The average molecular weight is 358 g/mol. The van der Waals surface area contributed by atoms with E-state index in [9.17, 15) is 15.0 Å². The molecule has 26 heavy (non-hydrogen) atoms. The summed E-state index contributed by atoms with van der Waals surface area (Å²) in [6.45, 7) is 8.17. The summed E-state index contributed by atoms with van der Waals surface area (Å²) in [5, 5.41) is 20.2. The smallest absolute Gasteiger partial charge is 0.338 e. The summed E-state index contributed by atoms with van der Waals surface area (Å²) in [5.74, 6) is -0.361. The molecular formula is C22H30O4. The highest BCUT2D eigenvalue weighted by Crippen LogP contribution is 2.30. The number of benzene rings is 1. The molecule has 2 N–H and O–H groups in total. The van der Waals surface area contributed by atoms with Gasteiger partial charge in [-0.2, -0.15) is 0 Å². The van der Waals surface area contributed by atoms with Gasteiger partial charge in [-0.3, -0.25) is 0 Å². The predicted molar refractivity (Wildman–Crippen MR) is 103 cm³/mol. The molecule has 0 saturated carbocycles. The van der Waals surface area contributed by atoms with Crippen molar-refractivity contribution in [1.82, 2.24) is 0 Å². The Labute approximate surface area is 156 Å². The Bertz CT molecular complexity index is 670. The largest absolute Gasteiger partial charge is 0.508 e. The van der Waals surface area contributed by atoms with E-state index >= 15 is 0 Å². The van der Waals surface area contributed by atoms with Crippen molar-refractivity contribution in [3.63, 3.8) is 0 Å². The number of phenols is 1. The molecule has 0 aliphatic heterocycles. The minimum absolute atomic E-state index is 0.107. The first-order valence-electron chi connectivity index (χ1n) is 9.29. The number of aromatic hydroxyl groups is 1. The van der Waals surface area contributed by atoms with E-state index in [4.69, 9.17) is 4.74 Å². The lowest BCUT2D eigenvalue weighted by atomic mass is 9.81. The monoisotopic (exact) mass is 358 g/mol. The van der Waals surface area contributed by atoms with Crippen LogP contribution in [0.2, 0.25) is 0 Å². The normalized spacial score (nSPS) is 28.6. The third-order valence-corrected chi connectivity index (χ3v) is 4.96. The van der Waals surface area contributed by atoms with Gasteiger partial charge < -0.3 is 14.9 Å². The molecule has 0 spiro atoms. The first-order chi connectivity index (χ1) is 12.3. The Morgan fingerprint density at radius 3 is 2.42 bits per heavy atom. The molecule has 4 heteroatoms. The van der Waals surface area contributed by atoms with Crippen molar-refractivity contribution in [3.8, 4) is 5.75 Å². The number of ether oxygens (including phenoxy) is 1. The van der Waals surface area contributed by atoms with Gasteiger partial charge in [-0.25, -0.2) is 4.79 Å². The van der Waals surface area contributed by atoms with Crippen molar-refractivity contribution in [3.05, 3.63) is 53.1 Å². The first kappa shape index (κ1) is 20.2. The maximum atomic E-state index is 12.6. The van der Waals surface area contributed by atoms with Gasteiger partial charge in [0, 0.05) is 12.3 Å². The van der Waals surface area contributed by atoms with Crippen LogP contribution in [-0.4, -0.2) is 28.4 Å². The Balaban J connectivity index is 2.30. The molecular weight excluding hydrogens is 328 g/mol. The maximum absolute atomic E-state index is 12.6. The van der Waals surface area contributed by atoms with Crippen LogP contribution in [0.25, 0.3) is 0 Å². The molecule has 1 aliphatic carbocycles. The number of rotatable bonds is 3. The summed E-state index contributed by atoms with van der Waals surface area (Å²) >= 11 is 0. The molecule has 0 saturated heterocycles. The highest BCUT2D eigenvalue weighted by Gasteiger charge is 2.33. The van der Waals surface area contributed by atoms with Crippen molar-refractivity contribution in [2.45, 2.75) is 59.2 Å². The molecule has 0 bridgehead atoms. The number of carbonyl (C=O) groups is 1. The molecule has 1 aromatic rings. The van der Waals surface area contributed by atoms with Crippen molar-refractivity contribution in [2.75, 3.05) is 0 Å². The molecule has 2 rings (SSSR count). The number of phenolic OH excluding ortho intramolecular Hbond substituents is 1. The predicted octanol–water partition coefficient (Wildman–Crippen LogP) is 4.63. The Morgan fingerprint density at radius 1 is 1.15 bits per heavy atom. The number of esters is 1. The lowest BCUT2D eigenvalue weighted by molar-refractivity contribution is -0.0216.